The van der Waals surface area contributed by atoms with Gasteiger partial charge in [0.1, 0.15) is 0 Å². The predicted octanol–water partition coefficient (Wildman–Crippen LogP) is 2.99. The number of rotatable bonds is 6. The topological polar surface area (TPSA) is 37.4 Å². The third kappa shape index (κ3) is 4.11. The number of halogens is 1. The zero-order valence-electron chi connectivity index (χ0n) is 10.9. The van der Waals surface area contributed by atoms with Crippen LogP contribution < -0.4 is 0 Å². The van der Waals surface area contributed by atoms with Crippen LogP contribution in [-0.4, -0.2) is 36.4 Å². The van der Waals surface area contributed by atoms with Crippen molar-refractivity contribution >= 4 is 21.6 Å². The van der Waals surface area contributed by atoms with E-state index in [2.05, 4.69) is 0 Å². The highest BCUT2D eigenvalue weighted by atomic mass is 35.5. The van der Waals surface area contributed by atoms with Crippen molar-refractivity contribution in [3.8, 4) is 0 Å². The third-order valence-electron chi connectivity index (χ3n) is 3.39. The molecule has 1 aliphatic rings. The van der Waals surface area contributed by atoms with Crippen LogP contribution in [-0.2, 0) is 10.0 Å². The lowest BCUT2D eigenvalue weighted by Gasteiger charge is -2.32. The first kappa shape index (κ1) is 15.3. The summed E-state index contributed by atoms with van der Waals surface area (Å²) in [6.45, 7) is 4.43. The third-order valence-corrected chi connectivity index (χ3v) is 6.23. The minimum Gasteiger partial charge on any atom is -0.212 e. The molecule has 5 heteroatoms. The van der Waals surface area contributed by atoms with E-state index in [0.717, 1.165) is 32.1 Å². The van der Waals surface area contributed by atoms with E-state index in [1.807, 2.05) is 13.8 Å². The highest BCUT2D eigenvalue weighted by Gasteiger charge is 2.33. The Balaban J connectivity index is 2.75. The van der Waals surface area contributed by atoms with Gasteiger partial charge in [-0.1, -0.05) is 19.3 Å². The number of hydrogen-bond donors (Lipinski definition) is 0. The molecule has 1 aliphatic carbocycles. The van der Waals surface area contributed by atoms with E-state index in [0.29, 0.717) is 12.4 Å². The lowest BCUT2D eigenvalue weighted by atomic mass is 10.0. The van der Waals surface area contributed by atoms with Gasteiger partial charge >= 0.3 is 0 Å². The maximum absolute atomic E-state index is 12.5. The SMILES string of the molecule is CC(C)N(CCCCl)S(=O)(=O)C1CCCCC1. The Hall–Kier alpha value is 0.200. The Labute approximate surface area is 111 Å². The Morgan fingerprint density at radius 3 is 2.29 bits per heavy atom. The maximum Gasteiger partial charge on any atom is 0.217 e. The number of alkyl halides is 1. The highest BCUT2D eigenvalue weighted by molar-refractivity contribution is 7.89. The Morgan fingerprint density at radius 1 is 1.24 bits per heavy atom. The molecule has 0 aromatic heterocycles. The molecule has 0 spiro atoms. The molecule has 0 N–H and O–H groups in total. The molecular formula is C12H24ClNO2S. The maximum atomic E-state index is 12.5. The molecule has 1 fully saturated rings. The van der Waals surface area contributed by atoms with Crippen LogP contribution in [0.2, 0.25) is 0 Å². The lowest BCUT2D eigenvalue weighted by Crippen LogP contribution is -2.44. The Morgan fingerprint density at radius 2 is 1.82 bits per heavy atom. The lowest BCUT2D eigenvalue weighted by molar-refractivity contribution is 0.340. The van der Waals surface area contributed by atoms with Crippen LogP contribution in [0.4, 0.5) is 0 Å². The van der Waals surface area contributed by atoms with E-state index < -0.39 is 10.0 Å². The van der Waals surface area contributed by atoms with Gasteiger partial charge in [0.25, 0.3) is 0 Å². The van der Waals surface area contributed by atoms with Crippen molar-refractivity contribution in [1.82, 2.24) is 4.31 Å². The van der Waals surface area contributed by atoms with E-state index >= 15 is 0 Å². The summed E-state index contributed by atoms with van der Waals surface area (Å²) in [5, 5.41) is -0.158. The van der Waals surface area contributed by atoms with Gasteiger partial charge < -0.3 is 0 Å². The fourth-order valence-corrected chi connectivity index (χ4v) is 4.85. The normalized spacial score (nSPS) is 19.1. The van der Waals surface area contributed by atoms with Crippen molar-refractivity contribution in [2.24, 2.45) is 0 Å². The molecule has 0 aliphatic heterocycles. The van der Waals surface area contributed by atoms with E-state index in [9.17, 15) is 8.42 Å². The molecule has 102 valence electrons. The van der Waals surface area contributed by atoms with Gasteiger partial charge in [0.15, 0.2) is 0 Å². The molecule has 0 heterocycles. The first-order valence-electron chi connectivity index (χ1n) is 6.56. The number of sulfonamides is 1. The van der Waals surface area contributed by atoms with Crippen molar-refractivity contribution in [2.45, 2.75) is 63.7 Å². The molecule has 0 unspecified atom stereocenters. The summed E-state index contributed by atoms with van der Waals surface area (Å²) in [4.78, 5) is 0. The van der Waals surface area contributed by atoms with E-state index in [-0.39, 0.29) is 11.3 Å². The van der Waals surface area contributed by atoms with Gasteiger partial charge in [0.2, 0.25) is 10.0 Å². The number of hydrogen-bond acceptors (Lipinski definition) is 2. The quantitative estimate of drug-likeness (QED) is 0.702. The summed E-state index contributed by atoms with van der Waals surface area (Å²) in [6, 6.07) is 0.0325. The smallest absolute Gasteiger partial charge is 0.212 e. The van der Waals surface area contributed by atoms with Crippen molar-refractivity contribution in [3.63, 3.8) is 0 Å². The minimum atomic E-state index is -3.12. The van der Waals surface area contributed by atoms with Crippen LogP contribution in [0, 0.1) is 0 Å². The minimum absolute atomic E-state index is 0.0325. The van der Waals surface area contributed by atoms with Crippen LogP contribution in [0.1, 0.15) is 52.4 Å². The van der Waals surface area contributed by atoms with Gasteiger partial charge in [-0.2, -0.15) is 4.31 Å². The van der Waals surface area contributed by atoms with E-state index in [1.54, 1.807) is 4.31 Å². The van der Waals surface area contributed by atoms with Gasteiger partial charge in [-0.05, 0) is 33.1 Å². The first-order chi connectivity index (χ1) is 8.00. The molecule has 3 nitrogen and oxygen atoms in total. The molecule has 0 radical (unpaired) electrons. The molecule has 0 bridgehead atoms. The second-order valence-corrected chi connectivity index (χ2v) is 7.60. The summed E-state index contributed by atoms with van der Waals surface area (Å²) >= 11 is 5.66. The van der Waals surface area contributed by atoms with Gasteiger partial charge in [-0.3, -0.25) is 0 Å². The monoisotopic (exact) mass is 281 g/mol. The van der Waals surface area contributed by atoms with Crippen LogP contribution in [0.15, 0.2) is 0 Å². The molecule has 0 saturated heterocycles. The Kier molecular flexibility index (Phi) is 6.24. The largest absolute Gasteiger partial charge is 0.217 e. The molecule has 0 aromatic carbocycles. The predicted molar refractivity (Wildman–Crippen MR) is 73.0 cm³/mol. The number of nitrogens with zero attached hydrogens (tertiary/aromatic N) is 1. The van der Waals surface area contributed by atoms with Crippen molar-refractivity contribution in [1.29, 1.82) is 0 Å². The molecule has 0 aromatic rings. The average Bonchev–Trinajstić information content (AvgIpc) is 2.30. The second kappa shape index (κ2) is 6.95. The molecule has 1 saturated carbocycles. The van der Waals surface area contributed by atoms with Gasteiger partial charge in [-0.15, -0.1) is 11.6 Å². The zero-order valence-corrected chi connectivity index (χ0v) is 12.4. The molecule has 17 heavy (non-hydrogen) atoms. The molecule has 1 rings (SSSR count). The van der Waals surface area contributed by atoms with Gasteiger partial charge in [0.05, 0.1) is 5.25 Å². The van der Waals surface area contributed by atoms with E-state index in [1.165, 1.54) is 6.42 Å². The summed E-state index contributed by atoms with van der Waals surface area (Å²) in [5.41, 5.74) is 0. The van der Waals surface area contributed by atoms with Crippen molar-refractivity contribution in [2.75, 3.05) is 12.4 Å². The summed E-state index contributed by atoms with van der Waals surface area (Å²) in [6.07, 6.45) is 5.65. The first-order valence-corrected chi connectivity index (χ1v) is 8.60. The highest BCUT2D eigenvalue weighted by Crippen LogP contribution is 2.27. The fourth-order valence-electron chi connectivity index (χ4n) is 2.45. The van der Waals surface area contributed by atoms with Crippen molar-refractivity contribution < 1.29 is 8.42 Å². The fraction of sp³-hybridized carbons (Fsp3) is 1.00. The second-order valence-electron chi connectivity index (χ2n) is 5.05. The van der Waals surface area contributed by atoms with E-state index in [4.69, 9.17) is 11.6 Å². The van der Waals surface area contributed by atoms with Gasteiger partial charge in [-0.25, -0.2) is 8.42 Å². The molecule has 0 atom stereocenters. The van der Waals surface area contributed by atoms with Crippen LogP contribution in [0.5, 0.6) is 0 Å². The summed E-state index contributed by atoms with van der Waals surface area (Å²) in [7, 11) is -3.12. The van der Waals surface area contributed by atoms with Gasteiger partial charge in [0, 0.05) is 18.5 Å². The molecule has 0 amide bonds. The van der Waals surface area contributed by atoms with Crippen LogP contribution in [0.3, 0.4) is 0 Å². The zero-order chi connectivity index (χ0) is 12.9. The standard InChI is InChI=1S/C12H24ClNO2S/c1-11(2)14(10-6-9-13)17(15,16)12-7-4-3-5-8-12/h11-12H,3-10H2,1-2H3. The van der Waals surface area contributed by atoms with Crippen molar-refractivity contribution in [3.05, 3.63) is 0 Å². The average molecular weight is 282 g/mol. The summed E-state index contributed by atoms with van der Waals surface area (Å²) < 4.78 is 26.7. The molecular weight excluding hydrogens is 258 g/mol. The summed E-state index contributed by atoms with van der Waals surface area (Å²) in [5.74, 6) is 0.517. The van der Waals surface area contributed by atoms with Crippen LogP contribution in [0.25, 0.3) is 0 Å². The van der Waals surface area contributed by atoms with Crippen LogP contribution >= 0.6 is 11.6 Å². The Bertz CT molecular complexity index is 310.